The summed E-state index contributed by atoms with van der Waals surface area (Å²) < 4.78 is 11.0. The van der Waals surface area contributed by atoms with Crippen LogP contribution < -0.4 is 14.8 Å². The van der Waals surface area contributed by atoms with Crippen molar-refractivity contribution in [2.45, 2.75) is 0 Å². The van der Waals surface area contributed by atoms with Crippen molar-refractivity contribution in [2.75, 3.05) is 44.7 Å². The molecule has 1 fully saturated rings. The number of amides is 3. The highest BCUT2D eigenvalue weighted by Crippen LogP contribution is 2.32. The molecule has 0 radical (unpaired) electrons. The molecular weight excluding hydrogens is 376 g/mol. The second-order valence-corrected chi connectivity index (χ2v) is 6.68. The van der Waals surface area contributed by atoms with Crippen molar-refractivity contribution in [3.63, 3.8) is 0 Å². The molecule has 1 aromatic carbocycles. The number of carbonyl (C=O) groups is 3. The molecule has 9 nitrogen and oxygen atoms in total. The number of benzene rings is 1. The molecule has 0 atom stereocenters. The van der Waals surface area contributed by atoms with Crippen LogP contribution in [0, 0.1) is 0 Å². The van der Waals surface area contributed by atoms with Gasteiger partial charge in [0.15, 0.2) is 11.5 Å². The topological polar surface area (TPSA) is 101 Å². The van der Waals surface area contributed by atoms with Gasteiger partial charge in [0.05, 0.1) is 0 Å². The first-order chi connectivity index (χ1) is 14.1. The van der Waals surface area contributed by atoms with Crippen LogP contribution in [-0.4, -0.2) is 72.4 Å². The number of pyridine rings is 1. The van der Waals surface area contributed by atoms with Crippen LogP contribution in [0.3, 0.4) is 0 Å². The Kier molecular flexibility index (Phi) is 5.28. The van der Waals surface area contributed by atoms with Gasteiger partial charge in [-0.3, -0.25) is 19.4 Å². The fourth-order valence-electron chi connectivity index (χ4n) is 3.21. The molecule has 1 N–H and O–H groups in total. The number of nitrogens with one attached hydrogen (secondary N) is 1. The minimum atomic E-state index is -0.357. The zero-order chi connectivity index (χ0) is 20.2. The monoisotopic (exact) mass is 396 g/mol. The number of piperazine rings is 1. The quantitative estimate of drug-likeness (QED) is 0.775. The number of aromatic nitrogens is 1. The number of hydrogen-bond acceptors (Lipinski definition) is 6. The molecule has 2 aliphatic heterocycles. The number of fused-ring (bicyclic) bond motifs is 1. The minimum absolute atomic E-state index is 0.194. The second kappa shape index (κ2) is 8.17. The maximum absolute atomic E-state index is 12.7. The van der Waals surface area contributed by atoms with Crippen LogP contribution in [0.1, 0.15) is 20.8 Å². The Balaban J connectivity index is 1.45. The van der Waals surface area contributed by atoms with E-state index in [9.17, 15) is 14.4 Å². The molecule has 1 aromatic heterocycles. The first-order valence-corrected chi connectivity index (χ1v) is 9.30. The Labute approximate surface area is 167 Å². The summed E-state index contributed by atoms with van der Waals surface area (Å²) in [5.41, 5.74) is 1.08. The zero-order valence-electron chi connectivity index (χ0n) is 15.7. The van der Waals surface area contributed by atoms with E-state index < -0.39 is 0 Å². The smallest absolute Gasteiger partial charge is 0.272 e. The lowest BCUT2D eigenvalue weighted by atomic mass is 10.2. The van der Waals surface area contributed by atoms with Crippen molar-refractivity contribution in [1.82, 2.24) is 14.8 Å². The molecule has 1 saturated heterocycles. The first-order valence-electron chi connectivity index (χ1n) is 9.30. The Morgan fingerprint density at radius 3 is 2.52 bits per heavy atom. The Morgan fingerprint density at radius 2 is 1.76 bits per heavy atom. The summed E-state index contributed by atoms with van der Waals surface area (Å²) in [7, 11) is 0. The number of ether oxygens (including phenoxy) is 2. The predicted octanol–water partition coefficient (Wildman–Crippen LogP) is 1.02. The molecule has 4 rings (SSSR count). The van der Waals surface area contributed by atoms with Gasteiger partial charge in [0, 0.05) is 49.7 Å². The molecule has 2 aliphatic rings. The van der Waals surface area contributed by atoms with E-state index in [0.29, 0.717) is 62.1 Å². The van der Waals surface area contributed by atoms with E-state index in [-0.39, 0.29) is 17.5 Å². The summed E-state index contributed by atoms with van der Waals surface area (Å²) in [6.07, 6.45) is 2.22. The molecule has 0 aliphatic carbocycles. The van der Waals surface area contributed by atoms with Crippen molar-refractivity contribution < 1.29 is 23.9 Å². The van der Waals surface area contributed by atoms with E-state index in [0.717, 1.165) is 6.41 Å². The Morgan fingerprint density at radius 1 is 1.00 bits per heavy atom. The van der Waals surface area contributed by atoms with E-state index in [1.165, 1.54) is 12.3 Å². The molecule has 150 valence electrons. The van der Waals surface area contributed by atoms with Crippen LogP contribution >= 0.6 is 0 Å². The van der Waals surface area contributed by atoms with Gasteiger partial charge in [-0.25, -0.2) is 0 Å². The van der Waals surface area contributed by atoms with Gasteiger partial charge >= 0.3 is 0 Å². The second-order valence-electron chi connectivity index (χ2n) is 6.68. The largest absolute Gasteiger partial charge is 0.486 e. The molecule has 0 saturated carbocycles. The van der Waals surface area contributed by atoms with Crippen molar-refractivity contribution in [3.8, 4) is 11.5 Å². The maximum atomic E-state index is 12.7. The zero-order valence-corrected chi connectivity index (χ0v) is 15.7. The predicted molar refractivity (Wildman–Crippen MR) is 103 cm³/mol. The average Bonchev–Trinajstić information content (AvgIpc) is 2.78. The highest BCUT2D eigenvalue weighted by molar-refractivity contribution is 6.05. The Bertz CT molecular complexity index is 940. The van der Waals surface area contributed by atoms with E-state index in [4.69, 9.17) is 9.47 Å². The lowest BCUT2D eigenvalue weighted by molar-refractivity contribution is -0.119. The van der Waals surface area contributed by atoms with E-state index in [2.05, 4.69) is 10.3 Å². The van der Waals surface area contributed by atoms with Gasteiger partial charge in [-0.1, -0.05) is 0 Å². The lowest BCUT2D eigenvalue weighted by Gasteiger charge is -2.32. The molecule has 0 unspecified atom stereocenters. The number of rotatable bonds is 4. The number of nitrogens with zero attached hydrogens (tertiary/aromatic N) is 3. The Hall–Kier alpha value is -3.62. The fraction of sp³-hybridized carbons (Fsp3) is 0.300. The summed E-state index contributed by atoms with van der Waals surface area (Å²) in [5.74, 6) is 0.600. The van der Waals surface area contributed by atoms with Crippen LogP contribution in [0.5, 0.6) is 11.5 Å². The van der Waals surface area contributed by atoms with Crippen molar-refractivity contribution in [3.05, 3.63) is 47.8 Å². The maximum Gasteiger partial charge on any atom is 0.272 e. The molecule has 2 aromatic rings. The van der Waals surface area contributed by atoms with E-state index in [1.54, 1.807) is 34.1 Å². The highest BCUT2D eigenvalue weighted by Gasteiger charge is 2.23. The standard InChI is InChI=1S/C20H20N4O5/c25-13-23-5-7-24(8-6-23)20(27)16-11-14(3-4-21-16)19(26)22-15-1-2-17-18(12-15)29-10-9-28-17/h1-4,11-13H,5-10H2,(H,22,26). The third-order valence-electron chi connectivity index (χ3n) is 4.79. The first kappa shape index (κ1) is 18.7. The highest BCUT2D eigenvalue weighted by atomic mass is 16.6. The average molecular weight is 396 g/mol. The van der Waals surface area contributed by atoms with E-state index >= 15 is 0 Å². The van der Waals surface area contributed by atoms with Gasteiger partial charge in [0.25, 0.3) is 11.8 Å². The molecule has 29 heavy (non-hydrogen) atoms. The normalized spacial score (nSPS) is 15.6. The van der Waals surface area contributed by atoms with Crippen LogP contribution in [0.2, 0.25) is 0 Å². The third-order valence-corrected chi connectivity index (χ3v) is 4.79. The van der Waals surface area contributed by atoms with Gasteiger partial charge < -0.3 is 24.6 Å². The summed E-state index contributed by atoms with van der Waals surface area (Å²) in [6.45, 7) is 2.80. The SMILES string of the molecule is O=CN1CCN(C(=O)c2cc(C(=O)Nc3ccc4c(c3)OCCO4)ccn2)CC1. The summed E-state index contributed by atoms with van der Waals surface area (Å²) in [4.78, 5) is 43.5. The molecule has 0 spiro atoms. The van der Waals surface area contributed by atoms with Crippen molar-refractivity contribution in [1.29, 1.82) is 0 Å². The number of hydrogen-bond donors (Lipinski definition) is 1. The van der Waals surface area contributed by atoms with E-state index in [1.807, 2.05) is 0 Å². The summed E-state index contributed by atoms with van der Waals surface area (Å²) in [5, 5.41) is 2.79. The molecule has 3 heterocycles. The summed E-state index contributed by atoms with van der Waals surface area (Å²) in [6, 6.07) is 8.19. The van der Waals surface area contributed by atoms with Crippen molar-refractivity contribution >= 4 is 23.9 Å². The van der Waals surface area contributed by atoms with Gasteiger partial charge in [0.2, 0.25) is 6.41 Å². The minimum Gasteiger partial charge on any atom is -0.486 e. The molecule has 0 bridgehead atoms. The lowest BCUT2D eigenvalue weighted by Crippen LogP contribution is -2.48. The van der Waals surface area contributed by atoms with Crippen LogP contribution in [0.4, 0.5) is 5.69 Å². The molecule has 9 heteroatoms. The van der Waals surface area contributed by atoms with Crippen LogP contribution in [0.15, 0.2) is 36.5 Å². The number of anilines is 1. The van der Waals surface area contributed by atoms with Gasteiger partial charge in [-0.2, -0.15) is 0 Å². The van der Waals surface area contributed by atoms with Gasteiger partial charge in [-0.05, 0) is 24.3 Å². The fourth-order valence-corrected chi connectivity index (χ4v) is 3.21. The van der Waals surface area contributed by atoms with Crippen LogP contribution in [-0.2, 0) is 4.79 Å². The molecular formula is C20H20N4O5. The molecule has 3 amide bonds. The summed E-state index contributed by atoms with van der Waals surface area (Å²) >= 11 is 0. The van der Waals surface area contributed by atoms with Crippen LogP contribution in [0.25, 0.3) is 0 Å². The number of carbonyl (C=O) groups excluding carboxylic acids is 3. The third kappa shape index (κ3) is 4.13. The van der Waals surface area contributed by atoms with Gasteiger partial charge in [-0.15, -0.1) is 0 Å². The van der Waals surface area contributed by atoms with Crippen molar-refractivity contribution in [2.24, 2.45) is 0 Å². The van der Waals surface area contributed by atoms with Gasteiger partial charge in [0.1, 0.15) is 18.9 Å².